The molecule has 21 heavy (non-hydrogen) atoms. The molecule has 0 aliphatic heterocycles. The van der Waals surface area contributed by atoms with Crippen LogP contribution < -0.4 is 15.8 Å². The zero-order chi connectivity index (χ0) is 15.1. The molecule has 0 atom stereocenters. The van der Waals surface area contributed by atoms with Crippen LogP contribution in [-0.4, -0.2) is 18.8 Å². The van der Waals surface area contributed by atoms with Crippen LogP contribution in [-0.2, 0) is 11.3 Å². The average Bonchev–Trinajstić information content (AvgIpc) is 2.53. The molecule has 2 rings (SSSR count). The molecule has 0 unspecified atom stereocenters. The van der Waals surface area contributed by atoms with Crippen molar-refractivity contribution in [1.82, 2.24) is 0 Å². The molecule has 0 aromatic heterocycles. The number of para-hydroxylation sites is 1. The fraction of sp³-hybridized carbons (Fsp3) is 0.188. The topological polar surface area (TPSA) is 64.3 Å². The zero-order valence-corrected chi connectivity index (χ0v) is 12.7. The average molecular weight is 302 g/mol. The Morgan fingerprint density at radius 1 is 1.24 bits per heavy atom. The number of carbonyl (C=O) groups excluding carboxylic acids is 1. The Morgan fingerprint density at radius 2 is 2.05 bits per heavy atom. The number of nitrogens with two attached hydrogens (primary N) is 1. The molecule has 0 fully saturated rings. The minimum absolute atomic E-state index is 0.0310. The van der Waals surface area contributed by atoms with Crippen molar-refractivity contribution < 1.29 is 9.53 Å². The molecule has 5 heteroatoms. The molecule has 0 aliphatic carbocycles. The number of benzene rings is 2. The number of nitrogens with one attached hydrogen (secondary N) is 1. The molecule has 3 N–H and O–H groups in total. The maximum absolute atomic E-state index is 11.9. The van der Waals surface area contributed by atoms with Crippen molar-refractivity contribution in [1.29, 1.82) is 0 Å². The first-order chi connectivity index (χ1) is 10.2. The Bertz CT molecular complexity index is 617. The summed E-state index contributed by atoms with van der Waals surface area (Å²) in [6.07, 6.45) is 1.97. The van der Waals surface area contributed by atoms with Gasteiger partial charge in [0, 0.05) is 11.4 Å². The van der Waals surface area contributed by atoms with Crippen LogP contribution >= 0.6 is 11.8 Å². The van der Waals surface area contributed by atoms with Gasteiger partial charge in [-0.3, -0.25) is 4.79 Å². The number of anilines is 1. The molecule has 1 amide bonds. The van der Waals surface area contributed by atoms with Crippen molar-refractivity contribution >= 4 is 23.4 Å². The molecule has 0 saturated carbocycles. The lowest BCUT2D eigenvalue weighted by Crippen LogP contribution is -2.20. The number of amides is 1. The molecule has 2 aromatic carbocycles. The second kappa shape index (κ2) is 7.71. The van der Waals surface area contributed by atoms with E-state index in [1.807, 2.05) is 54.8 Å². The summed E-state index contributed by atoms with van der Waals surface area (Å²) in [5.41, 5.74) is 7.34. The minimum atomic E-state index is -0.186. The molecule has 0 aliphatic rings. The van der Waals surface area contributed by atoms with E-state index in [4.69, 9.17) is 10.5 Å². The molecule has 0 radical (unpaired) electrons. The number of ether oxygens (including phenoxy) is 1. The van der Waals surface area contributed by atoms with E-state index in [-0.39, 0.29) is 12.5 Å². The Balaban J connectivity index is 1.92. The monoisotopic (exact) mass is 302 g/mol. The van der Waals surface area contributed by atoms with Crippen LogP contribution in [0.15, 0.2) is 53.4 Å². The lowest BCUT2D eigenvalue weighted by atomic mass is 10.2. The molecule has 0 bridgehead atoms. The van der Waals surface area contributed by atoms with Gasteiger partial charge in [-0.2, -0.15) is 0 Å². The van der Waals surface area contributed by atoms with Gasteiger partial charge in [0.2, 0.25) is 0 Å². The van der Waals surface area contributed by atoms with E-state index in [0.717, 1.165) is 16.1 Å². The number of hydrogen-bond acceptors (Lipinski definition) is 4. The van der Waals surface area contributed by atoms with Crippen LogP contribution in [0.5, 0.6) is 5.75 Å². The molecular formula is C16H18N2O2S. The SMILES string of the molecule is CSc1ccccc1NC(=O)COc1cccc(CN)c1. The minimum Gasteiger partial charge on any atom is -0.484 e. The van der Waals surface area contributed by atoms with Crippen molar-refractivity contribution in [2.24, 2.45) is 5.73 Å². The summed E-state index contributed by atoms with van der Waals surface area (Å²) >= 11 is 1.59. The predicted molar refractivity (Wildman–Crippen MR) is 86.7 cm³/mol. The maximum atomic E-state index is 11.9. The van der Waals surface area contributed by atoms with Gasteiger partial charge in [-0.1, -0.05) is 24.3 Å². The highest BCUT2D eigenvalue weighted by Gasteiger charge is 2.07. The quantitative estimate of drug-likeness (QED) is 0.805. The normalized spacial score (nSPS) is 10.2. The van der Waals surface area contributed by atoms with Gasteiger partial charge in [0.1, 0.15) is 5.75 Å². The maximum Gasteiger partial charge on any atom is 0.262 e. The van der Waals surface area contributed by atoms with E-state index in [2.05, 4.69) is 5.32 Å². The third-order valence-electron chi connectivity index (χ3n) is 2.89. The van der Waals surface area contributed by atoms with E-state index < -0.39 is 0 Å². The van der Waals surface area contributed by atoms with Crippen molar-refractivity contribution in [3.63, 3.8) is 0 Å². The summed E-state index contributed by atoms with van der Waals surface area (Å²) in [7, 11) is 0. The Hall–Kier alpha value is -1.98. The highest BCUT2D eigenvalue weighted by molar-refractivity contribution is 7.98. The molecule has 0 spiro atoms. The fourth-order valence-corrected chi connectivity index (χ4v) is 2.40. The first-order valence-corrected chi connectivity index (χ1v) is 7.80. The standard InChI is InChI=1S/C16H18N2O2S/c1-21-15-8-3-2-7-14(15)18-16(19)11-20-13-6-4-5-12(9-13)10-17/h2-9H,10-11,17H2,1H3,(H,18,19). The molecule has 110 valence electrons. The highest BCUT2D eigenvalue weighted by atomic mass is 32.2. The third-order valence-corrected chi connectivity index (χ3v) is 3.68. The summed E-state index contributed by atoms with van der Waals surface area (Å²) in [4.78, 5) is 13.0. The van der Waals surface area contributed by atoms with E-state index in [0.29, 0.717) is 12.3 Å². The number of rotatable bonds is 6. The van der Waals surface area contributed by atoms with Crippen molar-refractivity contribution in [2.75, 3.05) is 18.2 Å². The lowest BCUT2D eigenvalue weighted by molar-refractivity contribution is -0.118. The van der Waals surface area contributed by atoms with Crippen LogP contribution in [0.3, 0.4) is 0 Å². The first-order valence-electron chi connectivity index (χ1n) is 6.57. The highest BCUT2D eigenvalue weighted by Crippen LogP contribution is 2.24. The summed E-state index contributed by atoms with van der Waals surface area (Å²) in [6, 6.07) is 15.1. The largest absolute Gasteiger partial charge is 0.484 e. The summed E-state index contributed by atoms with van der Waals surface area (Å²) in [5, 5.41) is 2.85. The molecule has 2 aromatic rings. The fourth-order valence-electron chi connectivity index (χ4n) is 1.85. The van der Waals surface area contributed by atoms with Gasteiger partial charge >= 0.3 is 0 Å². The molecule has 0 heterocycles. The van der Waals surface area contributed by atoms with Crippen molar-refractivity contribution in [2.45, 2.75) is 11.4 Å². The van der Waals surface area contributed by atoms with Crippen LogP contribution in [0.2, 0.25) is 0 Å². The zero-order valence-electron chi connectivity index (χ0n) is 11.8. The van der Waals surface area contributed by atoms with Crippen molar-refractivity contribution in [3.05, 3.63) is 54.1 Å². The van der Waals surface area contributed by atoms with E-state index in [9.17, 15) is 4.79 Å². The number of thioether (sulfide) groups is 1. The smallest absolute Gasteiger partial charge is 0.262 e. The summed E-state index contributed by atoms with van der Waals surface area (Å²) in [5.74, 6) is 0.459. The van der Waals surface area contributed by atoms with Gasteiger partial charge < -0.3 is 15.8 Å². The van der Waals surface area contributed by atoms with Crippen molar-refractivity contribution in [3.8, 4) is 5.75 Å². The van der Waals surface area contributed by atoms with E-state index in [1.54, 1.807) is 11.8 Å². The Kier molecular flexibility index (Phi) is 5.66. The predicted octanol–water partition coefficient (Wildman–Crippen LogP) is 2.88. The van der Waals surface area contributed by atoms with Gasteiger partial charge in [-0.15, -0.1) is 11.8 Å². The third kappa shape index (κ3) is 4.51. The summed E-state index contributed by atoms with van der Waals surface area (Å²) < 4.78 is 5.48. The summed E-state index contributed by atoms with van der Waals surface area (Å²) in [6.45, 7) is 0.418. The van der Waals surface area contributed by atoms with E-state index in [1.165, 1.54) is 0 Å². The van der Waals surface area contributed by atoms with Gasteiger partial charge in [0.15, 0.2) is 6.61 Å². The molecule has 0 saturated heterocycles. The van der Waals surface area contributed by atoms with Gasteiger partial charge in [-0.05, 0) is 36.1 Å². The number of carbonyl (C=O) groups is 1. The first kappa shape index (κ1) is 15.4. The second-order valence-corrected chi connectivity index (χ2v) is 5.24. The van der Waals surface area contributed by atoms with Crippen LogP contribution in [0.25, 0.3) is 0 Å². The number of hydrogen-bond donors (Lipinski definition) is 2. The van der Waals surface area contributed by atoms with Gasteiger partial charge in [-0.25, -0.2) is 0 Å². The Morgan fingerprint density at radius 3 is 2.81 bits per heavy atom. The lowest BCUT2D eigenvalue weighted by Gasteiger charge is -2.10. The molecular weight excluding hydrogens is 284 g/mol. The Labute approximate surface area is 128 Å². The van der Waals surface area contributed by atoms with Gasteiger partial charge in [0.05, 0.1) is 5.69 Å². The van der Waals surface area contributed by atoms with Gasteiger partial charge in [0.25, 0.3) is 5.91 Å². The van der Waals surface area contributed by atoms with E-state index >= 15 is 0 Å². The van der Waals surface area contributed by atoms with Crippen LogP contribution in [0, 0.1) is 0 Å². The van der Waals surface area contributed by atoms with Crippen LogP contribution in [0.4, 0.5) is 5.69 Å². The molecule has 4 nitrogen and oxygen atoms in total. The van der Waals surface area contributed by atoms with Crippen LogP contribution in [0.1, 0.15) is 5.56 Å². The second-order valence-electron chi connectivity index (χ2n) is 4.39.